The summed E-state index contributed by atoms with van der Waals surface area (Å²) < 4.78 is 6.20. The molecule has 1 aliphatic rings. The number of amides is 1. The van der Waals surface area contributed by atoms with Gasteiger partial charge < -0.3 is 14.6 Å². The van der Waals surface area contributed by atoms with Crippen molar-refractivity contribution in [2.75, 3.05) is 26.3 Å². The van der Waals surface area contributed by atoms with Gasteiger partial charge in [-0.05, 0) is 28.4 Å². The summed E-state index contributed by atoms with van der Waals surface area (Å²) in [6, 6.07) is 1.80. The second-order valence-corrected chi connectivity index (χ2v) is 4.41. The van der Waals surface area contributed by atoms with Gasteiger partial charge in [0, 0.05) is 30.4 Å². The first kappa shape index (κ1) is 10.7. The van der Waals surface area contributed by atoms with Crippen LogP contribution < -0.4 is 0 Å². The van der Waals surface area contributed by atoms with E-state index in [1.807, 2.05) is 4.90 Å². The molecule has 0 bridgehead atoms. The van der Waals surface area contributed by atoms with Gasteiger partial charge in [-0.15, -0.1) is 0 Å². The lowest BCUT2D eigenvalue weighted by Gasteiger charge is -2.18. The van der Waals surface area contributed by atoms with Crippen LogP contribution >= 0.6 is 15.9 Å². The second-order valence-electron chi connectivity index (χ2n) is 3.49. The molecule has 2 heterocycles. The Morgan fingerprint density at radius 3 is 3.07 bits per heavy atom. The molecule has 15 heavy (non-hydrogen) atoms. The summed E-state index contributed by atoms with van der Waals surface area (Å²) in [7, 11) is 0. The highest BCUT2D eigenvalue weighted by atomic mass is 79.9. The first-order chi connectivity index (χ1) is 7.27. The van der Waals surface area contributed by atoms with E-state index in [9.17, 15) is 4.79 Å². The fourth-order valence-electron chi connectivity index (χ4n) is 1.61. The molecule has 1 fully saturated rings. The van der Waals surface area contributed by atoms with E-state index >= 15 is 0 Å². The van der Waals surface area contributed by atoms with E-state index in [1.54, 1.807) is 12.3 Å². The molecule has 0 aromatic carbocycles. The number of aromatic nitrogens is 1. The van der Waals surface area contributed by atoms with Crippen LogP contribution in [0.25, 0.3) is 0 Å². The quantitative estimate of drug-likeness (QED) is 0.845. The minimum atomic E-state index is 0.0474. The topological polar surface area (TPSA) is 45.3 Å². The molecule has 0 saturated carbocycles. The molecule has 0 aliphatic carbocycles. The number of hydrogen-bond donors (Lipinski definition) is 1. The summed E-state index contributed by atoms with van der Waals surface area (Å²) in [4.78, 5) is 16.8. The van der Waals surface area contributed by atoms with Crippen LogP contribution in [0.3, 0.4) is 0 Å². The SMILES string of the molecule is O=C(c1cc(Br)c[nH]1)N1CCCOCC1. The summed E-state index contributed by atoms with van der Waals surface area (Å²) in [6.45, 7) is 2.83. The molecule has 0 unspecified atom stereocenters. The normalized spacial score (nSPS) is 17.5. The average molecular weight is 273 g/mol. The van der Waals surface area contributed by atoms with E-state index in [-0.39, 0.29) is 5.91 Å². The summed E-state index contributed by atoms with van der Waals surface area (Å²) >= 11 is 3.31. The van der Waals surface area contributed by atoms with Crippen molar-refractivity contribution in [1.29, 1.82) is 0 Å². The predicted molar refractivity (Wildman–Crippen MR) is 59.8 cm³/mol. The number of H-pyrrole nitrogens is 1. The first-order valence-corrected chi connectivity index (χ1v) is 5.77. The molecule has 4 nitrogen and oxygen atoms in total. The van der Waals surface area contributed by atoms with Crippen molar-refractivity contribution in [1.82, 2.24) is 9.88 Å². The van der Waals surface area contributed by atoms with Crippen LogP contribution in [0.4, 0.5) is 0 Å². The van der Waals surface area contributed by atoms with Crippen LogP contribution in [-0.2, 0) is 4.74 Å². The van der Waals surface area contributed by atoms with Crippen molar-refractivity contribution in [3.05, 3.63) is 22.4 Å². The molecule has 0 atom stereocenters. The highest BCUT2D eigenvalue weighted by Gasteiger charge is 2.18. The molecule has 1 aromatic heterocycles. The highest BCUT2D eigenvalue weighted by molar-refractivity contribution is 9.10. The Morgan fingerprint density at radius 2 is 2.33 bits per heavy atom. The Balaban J connectivity index is 2.06. The van der Waals surface area contributed by atoms with E-state index in [0.29, 0.717) is 18.8 Å². The van der Waals surface area contributed by atoms with Gasteiger partial charge in [0.05, 0.1) is 6.61 Å². The maximum Gasteiger partial charge on any atom is 0.270 e. The summed E-state index contributed by atoms with van der Waals surface area (Å²) in [5, 5.41) is 0. The van der Waals surface area contributed by atoms with Crippen molar-refractivity contribution >= 4 is 21.8 Å². The number of ether oxygens (including phenoxy) is 1. The summed E-state index contributed by atoms with van der Waals surface area (Å²) in [6.07, 6.45) is 2.68. The minimum Gasteiger partial charge on any atom is -0.380 e. The third-order valence-corrected chi connectivity index (χ3v) is 2.85. The van der Waals surface area contributed by atoms with Gasteiger partial charge in [-0.3, -0.25) is 4.79 Å². The van der Waals surface area contributed by atoms with E-state index in [0.717, 1.165) is 24.0 Å². The Morgan fingerprint density at radius 1 is 1.47 bits per heavy atom. The van der Waals surface area contributed by atoms with Gasteiger partial charge in [0.1, 0.15) is 5.69 Å². The Hall–Kier alpha value is -0.810. The van der Waals surface area contributed by atoms with E-state index < -0.39 is 0 Å². The number of rotatable bonds is 1. The number of carbonyl (C=O) groups is 1. The molecule has 0 radical (unpaired) electrons. The standard InChI is InChI=1S/C10H13BrN2O2/c11-8-6-9(12-7-8)10(14)13-2-1-4-15-5-3-13/h6-7,12H,1-5H2. The lowest BCUT2D eigenvalue weighted by atomic mass is 10.3. The first-order valence-electron chi connectivity index (χ1n) is 4.98. The van der Waals surface area contributed by atoms with Crippen molar-refractivity contribution in [2.45, 2.75) is 6.42 Å². The molecule has 1 saturated heterocycles. The van der Waals surface area contributed by atoms with Crippen molar-refractivity contribution in [3.8, 4) is 0 Å². The van der Waals surface area contributed by atoms with Gasteiger partial charge in [0.25, 0.3) is 5.91 Å². The van der Waals surface area contributed by atoms with E-state index in [2.05, 4.69) is 20.9 Å². The molecule has 1 N–H and O–H groups in total. The second kappa shape index (κ2) is 4.81. The van der Waals surface area contributed by atoms with Gasteiger partial charge in [0.15, 0.2) is 0 Å². The van der Waals surface area contributed by atoms with Gasteiger partial charge in [0.2, 0.25) is 0 Å². The molecule has 1 aliphatic heterocycles. The molecule has 0 spiro atoms. The Kier molecular flexibility index (Phi) is 3.43. The number of carbonyl (C=O) groups excluding carboxylic acids is 1. The van der Waals surface area contributed by atoms with Gasteiger partial charge in [-0.1, -0.05) is 0 Å². The fraction of sp³-hybridized carbons (Fsp3) is 0.500. The van der Waals surface area contributed by atoms with Gasteiger partial charge in [-0.2, -0.15) is 0 Å². The molecule has 82 valence electrons. The van der Waals surface area contributed by atoms with Crippen LogP contribution in [0.2, 0.25) is 0 Å². The van der Waals surface area contributed by atoms with Crippen LogP contribution in [-0.4, -0.2) is 42.1 Å². The molecule has 5 heteroatoms. The predicted octanol–water partition coefficient (Wildman–Crippen LogP) is 1.64. The average Bonchev–Trinajstić information content (AvgIpc) is 2.53. The number of aromatic amines is 1. The number of nitrogens with one attached hydrogen (secondary N) is 1. The van der Waals surface area contributed by atoms with Gasteiger partial charge in [-0.25, -0.2) is 0 Å². The van der Waals surface area contributed by atoms with Crippen LogP contribution in [0.5, 0.6) is 0 Å². The summed E-state index contributed by atoms with van der Waals surface area (Å²) in [5.74, 6) is 0.0474. The molecular formula is C10H13BrN2O2. The lowest BCUT2D eigenvalue weighted by molar-refractivity contribution is 0.0736. The Labute approximate surface area is 96.7 Å². The van der Waals surface area contributed by atoms with Crippen LogP contribution in [0.15, 0.2) is 16.7 Å². The lowest BCUT2D eigenvalue weighted by Crippen LogP contribution is -2.33. The third kappa shape index (κ3) is 2.60. The number of hydrogen-bond acceptors (Lipinski definition) is 2. The van der Waals surface area contributed by atoms with Crippen molar-refractivity contribution in [3.63, 3.8) is 0 Å². The van der Waals surface area contributed by atoms with Gasteiger partial charge >= 0.3 is 0 Å². The van der Waals surface area contributed by atoms with Crippen molar-refractivity contribution in [2.24, 2.45) is 0 Å². The zero-order valence-electron chi connectivity index (χ0n) is 8.33. The molecule has 1 amide bonds. The number of nitrogens with zero attached hydrogens (tertiary/aromatic N) is 1. The summed E-state index contributed by atoms with van der Waals surface area (Å²) in [5.41, 5.74) is 0.628. The molecule has 2 rings (SSSR count). The monoisotopic (exact) mass is 272 g/mol. The number of halogens is 1. The van der Waals surface area contributed by atoms with E-state index in [1.165, 1.54) is 0 Å². The van der Waals surface area contributed by atoms with Crippen molar-refractivity contribution < 1.29 is 9.53 Å². The molecule has 1 aromatic rings. The maximum atomic E-state index is 12.0. The van der Waals surface area contributed by atoms with Crippen LogP contribution in [0, 0.1) is 0 Å². The highest BCUT2D eigenvalue weighted by Crippen LogP contribution is 2.13. The zero-order valence-corrected chi connectivity index (χ0v) is 9.92. The smallest absolute Gasteiger partial charge is 0.270 e. The minimum absolute atomic E-state index is 0.0474. The fourth-order valence-corrected chi connectivity index (χ4v) is 1.95. The zero-order chi connectivity index (χ0) is 10.7. The van der Waals surface area contributed by atoms with E-state index in [4.69, 9.17) is 4.74 Å². The Bertz CT molecular complexity index is 343. The third-order valence-electron chi connectivity index (χ3n) is 2.39. The van der Waals surface area contributed by atoms with Crippen LogP contribution in [0.1, 0.15) is 16.9 Å². The maximum absolute atomic E-state index is 12.0. The largest absolute Gasteiger partial charge is 0.380 e. The molecular weight excluding hydrogens is 260 g/mol.